The first-order valence-electron chi connectivity index (χ1n) is 7.50. The molecule has 21 heavy (non-hydrogen) atoms. The number of H-pyrrole nitrogens is 1. The van der Waals surface area contributed by atoms with E-state index in [1.807, 2.05) is 24.5 Å². The molecule has 2 aromatic rings. The van der Waals surface area contributed by atoms with Crippen molar-refractivity contribution in [2.75, 3.05) is 6.61 Å². The lowest BCUT2D eigenvalue weighted by molar-refractivity contribution is 0.118. The van der Waals surface area contributed by atoms with Gasteiger partial charge in [0.2, 0.25) is 0 Å². The molecule has 5 heteroatoms. The van der Waals surface area contributed by atoms with E-state index in [0.717, 1.165) is 36.2 Å². The summed E-state index contributed by atoms with van der Waals surface area (Å²) in [6.07, 6.45) is 8.85. The third-order valence-corrected chi connectivity index (χ3v) is 4.65. The third-order valence-electron chi connectivity index (χ3n) is 4.65. The number of aliphatic hydroxyl groups is 1. The fraction of sp³-hybridized carbons (Fsp3) is 0.500. The lowest BCUT2D eigenvalue weighted by atomic mass is 9.85. The minimum absolute atomic E-state index is 0.00178. The van der Waals surface area contributed by atoms with Crippen LogP contribution in [0.5, 0.6) is 0 Å². The number of nitrogens with zero attached hydrogens (tertiary/aromatic N) is 2. The second-order valence-corrected chi connectivity index (χ2v) is 6.15. The molecule has 0 bridgehead atoms. The average molecular weight is 286 g/mol. The number of hydrogen-bond acceptors (Lipinski definition) is 4. The maximum atomic E-state index is 9.62. The van der Waals surface area contributed by atoms with Gasteiger partial charge in [0.25, 0.3) is 0 Å². The molecule has 2 unspecified atom stereocenters. The molecule has 1 aliphatic carbocycles. The van der Waals surface area contributed by atoms with Gasteiger partial charge in [-0.25, -0.2) is 0 Å². The van der Waals surface area contributed by atoms with Gasteiger partial charge in [-0.3, -0.25) is 10.1 Å². The molecule has 112 valence electrons. The van der Waals surface area contributed by atoms with Crippen LogP contribution in [0, 0.1) is 5.41 Å². The summed E-state index contributed by atoms with van der Waals surface area (Å²) in [6, 6.07) is 4.31. The zero-order chi connectivity index (χ0) is 14.7. The second-order valence-electron chi connectivity index (χ2n) is 6.15. The fourth-order valence-electron chi connectivity index (χ4n) is 3.21. The number of aliphatic hydroxyl groups excluding tert-OH is 1. The molecule has 0 aromatic carbocycles. The predicted octanol–water partition coefficient (Wildman–Crippen LogP) is 2.11. The Morgan fingerprint density at radius 1 is 1.48 bits per heavy atom. The minimum Gasteiger partial charge on any atom is -0.396 e. The van der Waals surface area contributed by atoms with Gasteiger partial charge in [-0.2, -0.15) is 5.10 Å². The summed E-state index contributed by atoms with van der Waals surface area (Å²) in [5, 5.41) is 20.4. The summed E-state index contributed by atoms with van der Waals surface area (Å²) in [5.74, 6) is 0. The number of aromatic nitrogens is 3. The first-order valence-corrected chi connectivity index (χ1v) is 7.50. The van der Waals surface area contributed by atoms with Crippen molar-refractivity contribution in [3.05, 3.63) is 36.3 Å². The molecule has 0 aliphatic heterocycles. The molecule has 1 aliphatic rings. The van der Waals surface area contributed by atoms with Crippen molar-refractivity contribution in [2.45, 2.75) is 38.8 Å². The molecular formula is C16H22N4O. The Morgan fingerprint density at radius 2 is 2.38 bits per heavy atom. The maximum Gasteiger partial charge on any atom is 0.0710 e. The molecule has 5 nitrogen and oxygen atoms in total. The van der Waals surface area contributed by atoms with Crippen molar-refractivity contribution in [3.8, 4) is 11.3 Å². The van der Waals surface area contributed by atoms with Crippen LogP contribution in [0.4, 0.5) is 0 Å². The smallest absolute Gasteiger partial charge is 0.0710 e. The van der Waals surface area contributed by atoms with Crippen LogP contribution in [-0.2, 0) is 6.54 Å². The van der Waals surface area contributed by atoms with Gasteiger partial charge in [-0.1, -0.05) is 13.3 Å². The van der Waals surface area contributed by atoms with Crippen molar-refractivity contribution in [3.63, 3.8) is 0 Å². The second kappa shape index (κ2) is 5.95. The standard InChI is InChI=1S/C16H22N4O/c1-16(11-21)6-2-5-14(16)18-9-13-10-19-20-15(13)12-4-3-7-17-8-12/h3-4,7-8,10,14,18,21H,2,5-6,9,11H2,1H3,(H,19,20). The van der Waals surface area contributed by atoms with Crippen LogP contribution in [0.1, 0.15) is 31.7 Å². The van der Waals surface area contributed by atoms with Crippen LogP contribution in [0.2, 0.25) is 0 Å². The Bertz CT molecular complexity index is 583. The van der Waals surface area contributed by atoms with Crippen molar-refractivity contribution < 1.29 is 5.11 Å². The molecule has 0 spiro atoms. The van der Waals surface area contributed by atoms with E-state index < -0.39 is 0 Å². The van der Waals surface area contributed by atoms with Crippen LogP contribution in [0.3, 0.4) is 0 Å². The Hall–Kier alpha value is -1.72. The SMILES string of the molecule is CC1(CO)CCCC1NCc1cn[nH]c1-c1cccnc1. The molecule has 3 N–H and O–H groups in total. The molecular weight excluding hydrogens is 264 g/mol. The molecule has 0 amide bonds. The Kier molecular flexibility index (Phi) is 4.03. The van der Waals surface area contributed by atoms with Crippen LogP contribution in [0.15, 0.2) is 30.7 Å². The predicted molar refractivity (Wildman–Crippen MR) is 81.5 cm³/mol. The molecule has 2 heterocycles. The van der Waals surface area contributed by atoms with E-state index in [1.165, 1.54) is 6.42 Å². The number of aromatic amines is 1. The van der Waals surface area contributed by atoms with E-state index in [2.05, 4.69) is 27.4 Å². The van der Waals surface area contributed by atoms with Gasteiger partial charge < -0.3 is 10.4 Å². The first kappa shape index (κ1) is 14.2. The number of nitrogens with one attached hydrogen (secondary N) is 2. The fourth-order valence-corrected chi connectivity index (χ4v) is 3.21. The Balaban J connectivity index is 1.71. The van der Waals surface area contributed by atoms with E-state index in [9.17, 15) is 5.11 Å². The zero-order valence-electron chi connectivity index (χ0n) is 12.3. The molecule has 3 rings (SSSR count). The highest BCUT2D eigenvalue weighted by Crippen LogP contribution is 2.37. The summed E-state index contributed by atoms with van der Waals surface area (Å²) in [5.41, 5.74) is 3.19. The highest BCUT2D eigenvalue weighted by Gasteiger charge is 2.37. The molecule has 1 saturated carbocycles. The summed E-state index contributed by atoms with van der Waals surface area (Å²) in [4.78, 5) is 4.15. The van der Waals surface area contributed by atoms with Crippen molar-refractivity contribution in [1.82, 2.24) is 20.5 Å². The van der Waals surface area contributed by atoms with E-state index in [-0.39, 0.29) is 12.0 Å². The van der Waals surface area contributed by atoms with Gasteiger partial charge in [0, 0.05) is 48.1 Å². The minimum atomic E-state index is -0.00178. The van der Waals surface area contributed by atoms with Crippen molar-refractivity contribution in [2.24, 2.45) is 5.41 Å². The lowest BCUT2D eigenvalue weighted by Gasteiger charge is -2.30. The average Bonchev–Trinajstić information content (AvgIpc) is 3.13. The van der Waals surface area contributed by atoms with Gasteiger partial charge in [0.15, 0.2) is 0 Å². The molecule has 1 fully saturated rings. The number of rotatable bonds is 5. The van der Waals surface area contributed by atoms with Gasteiger partial charge in [-0.05, 0) is 25.0 Å². The highest BCUT2D eigenvalue weighted by molar-refractivity contribution is 5.61. The van der Waals surface area contributed by atoms with Gasteiger partial charge in [0.1, 0.15) is 0 Å². The highest BCUT2D eigenvalue weighted by atomic mass is 16.3. The van der Waals surface area contributed by atoms with Gasteiger partial charge >= 0.3 is 0 Å². The van der Waals surface area contributed by atoms with Gasteiger partial charge in [-0.15, -0.1) is 0 Å². The molecule has 0 saturated heterocycles. The van der Waals surface area contributed by atoms with Crippen molar-refractivity contribution >= 4 is 0 Å². The van der Waals surface area contributed by atoms with Crippen LogP contribution in [-0.4, -0.2) is 32.9 Å². The van der Waals surface area contributed by atoms with Gasteiger partial charge in [0.05, 0.1) is 11.9 Å². The van der Waals surface area contributed by atoms with E-state index in [0.29, 0.717) is 6.04 Å². The van der Waals surface area contributed by atoms with Crippen LogP contribution >= 0.6 is 0 Å². The van der Waals surface area contributed by atoms with E-state index in [1.54, 1.807) is 6.20 Å². The largest absolute Gasteiger partial charge is 0.396 e. The Labute approximate surface area is 124 Å². The van der Waals surface area contributed by atoms with E-state index in [4.69, 9.17) is 0 Å². The number of pyridine rings is 1. The third kappa shape index (κ3) is 2.84. The normalized spacial score (nSPS) is 25.3. The first-order chi connectivity index (χ1) is 10.2. The zero-order valence-corrected chi connectivity index (χ0v) is 12.3. The summed E-state index contributed by atoms with van der Waals surface area (Å²) >= 11 is 0. The van der Waals surface area contributed by atoms with Crippen molar-refractivity contribution in [1.29, 1.82) is 0 Å². The molecule has 0 radical (unpaired) electrons. The Morgan fingerprint density at radius 3 is 3.14 bits per heavy atom. The molecule has 2 atom stereocenters. The summed E-state index contributed by atoms with van der Waals surface area (Å²) < 4.78 is 0. The molecule has 2 aromatic heterocycles. The lowest BCUT2D eigenvalue weighted by Crippen LogP contribution is -2.41. The number of hydrogen-bond donors (Lipinski definition) is 3. The monoisotopic (exact) mass is 286 g/mol. The van der Waals surface area contributed by atoms with Crippen LogP contribution < -0.4 is 5.32 Å². The maximum absolute atomic E-state index is 9.62. The summed E-state index contributed by atoms with van der Waals surface area (Å²) in [6.45, 7) is 3.15. The quantitative estimate of drug-likeness (QED) is 0.787. The topological polar surface area (TPSA) is 73.8 Å². The summed E-state index contributed by atoms with van der Waals surface area (Å²) in [7, 11) is 0. The van der Waals surface area contributed by atoms with E-state index >= 15 is 0 Å². The van der Waals surface area contributed by atoms with Crippen LogP contribution in [0.25, 0.3) is 11.3 Å².